The minimum absolute atomic E-state index is 0.0429. The second-order valence-electron chi connectivity index (χ2n) is 7.99. The molecule has 2 aromatic rings. The molecular formula is C20H23N5O2. The zero-order valence-electron chi connectivity index (χ0n) is 15.6. The molecule has 0 bridgehead atoms. The molecule has 2 aliphatic heterocycles. The summed E-state index contributed by atoms with van der Waals surface area (Å²) in [6, 6.07) is 1.77. The van der Waals surface area contributed by atoms with Gasteiger partial charge in [0.25, 0.3) is 11.5 Å². The quantitative estimate of drug-likeness (QED) is 0.666. The molecule has 4 heterocycles. The standard InChI is InChI=1S/C20H23N5O2/c1-10-12-9-22-14(21)8-13(12)23-16-15(10)11(2)17-18(26)24-20(25(17)19(16)27)6-4-3-5-7-20/h8-10,23H,3-7H2,1-2H3,(H2,21,22)(H,24,26)/t10-/m0/s1. The van der Waals surface area contributed by atoms with Gasteiger partial charge in [0.1, 0.15) is 22.9 Å². The number of nitrogen functional groups attached to an aromatic ring is 1. The molecule has 7 nitrogen and oxygen atoms in total. The Morgan fingerprint density at radius 2 is 2.00 bits per heavy atom. The topological polar surface area (TPSA) is 102 Å². The molecule has 140 valence electrons. The van der Waals surface area contributed by atoms with Crippen molar-refractivity contribution >= 4 is 23.1 Å². The highest BCUT2D eigenvalue weighted by Gasteiger charge is 2.46. The SMILES string of the molecule is Cc1c2c(c(=O)n3c1C(=O)NC31CCCCC1)Nc1cc(N)ncc1[C@@H]2C. The minimum Gasteiger partial charge on any atom is -0.384 e. The third kappa shape index (κ3) is 2.05. The fourth-order valence-corrected chi connectivity index (χ4v) is 5.19. The van der Waals surface area contributed by atoms with E-state index in [1.807, 2.05) is 13.8 Å². The van der Waals surface area contributed by atoms with Crippen molar-refractivity contribution < 1.29 is 4.79 Å². The monoisotopic (exact) mass is 365 g/mol. The molecule has 1 saturated carbocycles. The van der Waals surface area contributed by atoms with Crippen LogP contribution >= 0.6 is 0 Å². The fourth-order valence-electron chi connectivity index (χ4n) is 5.19. The number of hydrogen-bond acceptors (Lipinski definition) is 5. The van der Waals surface area contributed by atoms with E-state index >= 15 is 0 Å². The molecule has 1 fully saturated rings. The van der Waals surface area contributed by atoms with Gasteiger partial charge in [0.05, 0.1) is 0 Å². The number of rotatable bonds is 0. The summed E-state index contributed by atoms with van der Waals surface area (Å²) in [5.74, 6) is 0.233. The van der Waals surface area contributed by atoms with Crippen molar-refractivity contribution in [3.8, 4) is 0 Å². The van der Waals surface area contributed by atoms with Crippen LogP contribution in [-0.4, -0.2) is 15.5 Å². The summed E-state index contributed by atoms with van der Waals surface area (Å²) in [6.45, 7) is 3.99. The lowest BCUT2D eigenvalue weighted by Crippen LogP contribution is -2.49. The number of nitrogens with two attached hydrogens (primary N) is 1. The van der Waals surface area contributed by atoms with Gasteiger partial charge in [0.2, 0.25) is 0 Å². The van der Waals surface area contributed by atoms with Gasteiger partial charge >= 0.3 is 0 Å². The Bertz CT molecular complexity index is 1050. The zero-order valence-corrected chi connectivity index (χ0v) is 15.6. The number of aromatic nitrogens is 2. The molecule has 1 atom stereocenters. The lowest BCUT2D eigenvalue weighted by Gasteiger charge is -2.36. The van der Waals surface area contributed by atoms with Crippen molar-refractivity contribution in [2.45, 2.75) is 57.5 Å². The predicted octanol–water partition coefficient (Wildman–Crippen LogP) is 2.70. The third-order valence-corrected chi connectivity index (χ3v) is 6.45. The van der Waals surface area contributed by atoms with Gasteiger partial charge in [0, 0.05) is 29.4 Å². The van der Waals surface area contributed by atoms with Crippen LogP contribution in [0.2, 0.25) is 0 Å². The zero-order chi connectivity index (χ0) is 18.9. The maximum Gasteiger partial charge on any atom is 0.277 e. The van der Waals surface area contributed by atoms with E-state index in [1.165, 1.54) is 0 Å². The Balaban J connectivity index is 1.78. The molecule has 0 unspecified atom stereocenters. The number of hydrogen-bond donors (Lipinski definition) is 3. The van der Waals surface area contributed by atoms with E-state index in [-0.39, 0.29) is 17.4 Å². The molecule has 7 heteroatoms. The van der Waals surface area contributed by atoms with Crippen molar-refractivity contribution in [1.29, 1.82) is 0 Å². The van der Waals surface area contributed by atoms with Crippen LogP contribution in [0.3, 0.4) is 0 Å². The van der Waals surface area contributed by atoms with Gasteiger partial charge in [-0.3, -0.25) is 14.2 Å². The second kappa shape index (κ2) is 5.34. The number of nitrogens with one attached hydrogen (secondary N) is 2. The summed E-state index contributed by atoms with van der Waals surface area (Å²) in [4.78, 5) is 30.7. The van der Waals surface area contributed by atoms with Gasteiger partial charge in [-0.05, 0) is 43.7 Å². The van der Waals surface area contributed by atoms with Gasteiger partial charge < -0.3 is 16.4 Å². The molecule has 5 rings (SSSR count). The van der Waals surface area contributed by atoms with E-state index in [0.717, 1.165) is 54.5 Å². The third-order valence-electron chi connectivity index (χ3n) is 6.45. The lowest BCUT2D eigenvalue weighted by atomic mass is 9.84. The van der Waals surface area contributed by atoms with Crippen LogP contribution < -0.4 is 21.9 Å². The van der Waals surface area contributed by atoms with E-state index in [4.69, 9.17) is 5.73 Å². The molecule has 0 aromatic carbocycles. The highest BCUT2D eigenvalue weighted by Crippen LogP contribution is 2.45. The van der Waals surface area contributed by atoms with Crippen molar-refractivity contribution in [2.75, 3.05) is 11.1 Å². The number of fused-ring (bicyclic) bond motifs is 4. The number of carbonyl (C=O) groups excluding carboxylic acids is 1. The van der Waals surface area contributed by atoms with Gasteiger partial charge in [-0.15, -0.1) is 0 Å². The summed E-state index contributed by atoms with van der Waals surface area (Å²) < 4.78 is 1.73. The van der Waals surface area contributed by atoms with Crippen LogP contribution in [0.4, 0.5) is 17.2 Å². The Kier molecular flexibility index (Phi) is 3.24. The molecule has 3 aliphatic rings. The first-order valence-corrected chi connectivity index (χ1v) is 9.58. The molecule has 1 amide bonds. The predicted molar refractivity (Wildman–Crippen MR) is 103 cm³/mol. The minimum atomic E-state index is -0.579. The number of carbonyl (C=O) groups is 1. The van der Waals surface area contributed by atoms with Gasteiger partial charge in [0.15, 0.2) is 0 Å². The number of anilines is 3. The molecule has 1 spiro atoms. The summed E-state index contributed by atoms with van der Waals surface area (Å²) in [7, 11) is 0. The van der Waals surface area contributed by atoms with Gasteiger partial charge in [-0.25, -0.2) is 4.98 Å². The summed E-state index contributed by atoms with van der Waals surface area (Å²) in [5, 5.41) is 6.44. The molecular weight excluding hydrogens is 342 g/mol. The normalized spacial score (nSPS) is 21.9. The fraction of sp³-hybridized carbons (Fsp3) is 0.450. The van der Waals surface area contributed by atoms with Crippen LogP contribution in [0.15, 0.2) is 17.1 Å². The number of nitrogens with zero attached hydrogens (tertiary/aromatic N) is 2. The van der Waals surface area contributed by atoms with Gasteiger partial charge in [-0.2, -0.15) is 0 Å². The van der Waals surface area contributed by atoms with Crippen LogP contribution in [0.25, 0.3) is 0 Å². The smallest absolute Gasteiger partial charge is 0.277 e. The Morgan fingerprint density at radius 3 is 2.74 bits per heavy atom. The first-order valence-electron chi connectivity index (χ1n) is 9.58. The highest BCUT2D eigenvalue weighted by molar-refractivity contribution is 5.98. The molecule has 0 saturated heterocycles. The number of amides is 1. The van der Waals surface area contributed by atoms with Crippen LogP contribution in [0, 0.1) is 6.92 Å². The van der Waals surface area contributed by atoms with E-state index in [9.17, 15) is 9.59 Å². The van der Waals surface area contributed by atoms with E-state index in [0.29, 0.717) is 17.2 Å². The second-order valence-corrected chi connectivity index (χ2v) is 7.99. The van der Waals surface area contributed by atoms with Crippen LogP contribution in [0.1, 0.15) is 72.1 Å². The maximum absolute atomic E-state index is 13.6. The maximum atomic E-state index is 13.6. The summed E-state index contributed by atoms with van der Waals surface area (Å²) in [6.07, 6.45) is 6.51. The van der Waals surface area contributed by atoms with E-state index < -0.39 is 5.66 Å². The van der Waals surface area contributed by atoms with E-state index in [1.54, 1.807) is 16.8 Å². The summed E-state index contributed by atoms with van der Waals surface area (Å²) >= 11 is 0. The molecule has 1 aliphatic carbocycles. The molecule has 4 N–H and O–H groups in total. The lowest BCUT2D eigenvalue weighted by molar-refractivity contribution is 0.0876. The average Bonchev–Trinajstić information content (AvgIpc) is 2.91. The van der Waals surface area contributed by atoms with Gasteiger partial charge in [-0.1, -0.05) is 13.3 Å². The summed E-state index contributed by atoms with van der Waals surface area (Å²) in [5.41, 5.74) is 9.76. The largest absolute Gasteiger partial charge is 0.384 e. The van der Waals surface area contributed by atoms with Crippen molar-refractivity contribution in [3.63, 3.8) is 0 Å². The van der Waals surface area contributed by atoms with Crippen molar-refractivity contribution in [2.24, 2.45) is 0 Å². The first kappa shape index (κ1) is 16.4. The Morgan fingerprint density at radius 1 is 1.26 bits per heavy atom. The van der Waals surface area contributed by atoms with Crippen molar-refractivity contribution in [1.82, 2.24) is 14.9 Å². The Labute approximate surface area is 157 Å². The number of pyridine rings is 2. The Hall–Kier alpha value is -2.83. The molecule has 2 aromatic heterocycles. The van der Waals surface area contributed by atoms with Crippen molar-refractivity contribution in [3.05, 3.63) is 45.0 Å². The van der Waals surface area contributed by atoms with Crippen LogP contribution in [0.5, 0.6) is 0 Å². The molecule has 27 heavy (non-hydrogen) atoms. The average molecular weight is 365 g/mol. The first-order chi connectivity index (χ1) is 12.9. The molecule has 0 radical (unpaired) electrons. The van der Waals surface area contributed by atoms with Crippen LogP contribution in [-0.2, 0) is 5.66 Å². The highest BCUT2D eigenvalue weighted by atomic mass is 16.2. The van der Waals surface area contributed by atoms with E-state index in [2.05, 4.69) is 15.6 Å².